The normalized spacial score (nSPS) is 20.3. The molecule has 1 saturated heterocycles. The van der Waals surface area contributed by atoms with Crippen molar-refractivity contribution in [2.75, 3.05) is 24.5 Å². The summed E-state index contributed by atoms with van der Waals surface area (Å²) in [7, 11) is 0. The average Bonchev–Trinajstić information content (AvgIpc) is 2.75. The van der Waals surface area contributed by atoms with E-state index in [4.69, 9.17) is 0 Å². The van der Waals surface area contributed by atoms with Crippen molar-refractivity contribution in [1.29, 1.82) is 0 Å². The molecule has 3 nitrogen and oxygen atoms in total. The molecule has 2 fully saturated rings. The van der Waals surface area contributed by atoms with Gasteiger partial charge in [-0.1, -0.05) is 33.1 Å². The van der Waals surface area contributed by atoms with E-state index in [1.807, 2.05) is 23.6 Å². The molecule has 0 spiro atoms. The number of piperidine rings is 1. The Morgan fingerprint density at radius 3 is 2.40 bits per heavy atom. The number of carbonyl (C=O) groups excluding carboxylic acids is 1. The highest BCUT2D eigenvalue weighted by atomic mass is 19.4. The van der Waals surface area contributed by atoms with Crippen molar-refractivity contribution >= 4 is 12.1 Å². The second-order valence-corrected chi connectivity index (χ2v) is 8.07. The summed E-state index contributed by atoms with van der Waals surface area (Å²) < 4.78 is 52.7. The summed E-state index contributed by atoms with van der Waals surface area (Å²) in [6.07, 6.45) is 4.71. The molecule has 1 unspecified atom stereocenters. The molecule has 1 heterocycles. The lowest BCUT2D eigenvalue weighted by Gasteiger charge is -2.37. The topological polar surface area (TPSA) is 23.6 Å². The number of alkyl halides is 3. The first kappa shape index (κ1) is 24.5. The molecule has 30 heavy (non-hydrogen) atoms. The van der Waals surface area contributed by atoms with E-state index in [2.05, 4.69) is 0 Å². The lowest BCUT2D eigenvalue weighted by molar-refractivity contribution is -0.137. The van der Waals surface area contributed by atoms with Crippen LogP contribution in [0.3, 0.4) is 0 Å². The van der Waals surface area contributed by atoms with Crippen molar-refractivity contribution in [2.45, 2.75) is 77.4 Å². The molecule has 3 rings (SSSR count). The van der Waals surface area contributed by atoms with Gasteiger partial charge in [-0.15, -0.1) is 0 Å². The van der Waals surface area contributed by atoms with E-state index in [0.717, 1.165) is 57.4 Å². The molecule has 1 amide bonds. The fraction of sp³-hybridized carbons (Fsp3) is 0.696. The van der Waals surface area contributed by atoms with Crippen LogP contribution in [0.15, 0.2) is 18.2 Å². The molecule has 0 radical (unpaired) electrons. The van der Waals surface area contributed by atoms with E-state index in [0.29, 0.717) is 31.7 Å². The number of benzene rings is 1. The van der Waals surface area contributed by atoms with Gasteiger partial charge in [0.05, 0.1) is 5.56 Å². The summed E-state index contributed by atoms with van der Waals surface area (Å²) in [5.74, 6) is -0.575. The highest BCUT2D eigenvalue weighted by Gasteiger charge is 2.32. The SMILES string of the molecule is CC.O=CN(CCC1CCCN(c2cc(F)cc(C(F)(F)F)c2)C1)C1CCCCC1. The molecule has 1 aromatic rings. The number of hydrogen-bond donors (Lipinski definition) is 0. The minimum atomic E-state index is -4.56. The van der Waals surface area contributed by atoms with Gasteiger partial charge in [-0.3, -0.25) is 4.79 Å². The fourth-order valence-corrected chi connectivity index (χ4v) is 4.52. The van der Waals surface area contributed by atoms with E-state index >= 15 is 0 Å². The lowest BCUT2D eigenvalue weighted by Crippen LogP contribution is -2.40. The van der Waals surface area contributed by atoms with Crippen molar-refractivity contribution < 1.29 is 22.4 Å². The fourth-order valence-electron chi connectivity index (χ4n) is 4.52. The number of amides is 1. The Hall–Kier alpha value is -1.79. The van der Waals surface area contributed by atoms with E-state index in [-0.39, 0.29) is 11.6 Å². The molecular formula is C23H34F4N2O. The van der Waals surface area contributed by atoms with Crippen LogP contribution in [0, 0.1) is 11.7 Å². The smallest absolute Gasteiger partial charge is 0.371 e. The Labute approximate surface area is 177 Å². The van der Waals surface area contributed by atoms with Gasteiger partial charge >= 0.3 is 6.18 Å². The number of carbonyl (C=O) groups is 1. The van der Waals surface area contributed by atoms with Crippen molar-refractivity contribution in [3.63, 3.8) is 0 Å². The minimum absolute atomic E-state index is 0.288. The van der Waals surface area contributed by atoms with Gasteiger partial charge in [0.15, 0.2) is 0 Å². The summed E-state index contributed by atoms with van der Waals surface area (Å²) in [5, 5.41) is 0. The first-order valence-electron chi connectivity index (χ1n) is 11.2. The Morgan fingerprint density at radius 2 is 1.77 bits per heavy atom. The highest BCUT2D eigenvalue weighted by Crippen LogP contribution is 2.34. The van der Waals surface area contributed by atoms with Gasteiger partial charge in [0, 0.05) is 31.4 Å². The third-order valence-corrected chi connectivity index (χ3v) is 6.07. The molecule has 1 aliphatic carbocycles. The molecule has 2 aliphatic rings. The summed E-state index contributed by atoms with van der Waals surface area (Å²) in [6.45, 7) is 5.90. The summed E-state index contributed by atoms with van der Waals surface area (Å²) in [5.41, 5.74) is -0.661. The summed E-state index contributed by atoms with van der Waals surface area (Å²) in [4.78, 5) is 15.2. The Bertz CT molecular complexity index is 659. The predicted octanol–water partition coefficient (Wildman–Crippen LogP) is 6.27. The Morgan fingerprint density at radius 1 is 1.07 bits per heavy atom. The van der Waals surface area contributed by atoms with E-state index in [9.17, 15) is 22.4 Å². The van der Waals surface area contributed by atoms with Crippen LogP contribution in [0.25, 0.3) is 0 Å². The Balaban J connectivity index is 0.00000155. The third kappa shape index (κ3) is 6.88. The minimum Gasteiger partial charge on any atom is -0.371 e. The molecule has 0 N–H and O–H groups in total. The average molecular weight is 431 g/mol. The molecule has 7 heteroatoms. The molecule has 1 saturated carbocycles. The zero-order valence-corrected chi connectivity index (χ0v) is 18.1. The number of rotatable bonds is 6. The van der Waals surface area contributed by atoms with Crippen LogP contribution in [0.1, 0.15) is 70.8 Å². The quantitative estimate of drug-likeness (QED) is 0.392. The number of anilines is 1. The molecule has 1 atom stereocenters. The largest absolute Gasteiger partial charge is 0.416 e. The van der Waals surface area contributed by atoms with E-state index < -0.39 is 17.6 Å². The van der Waals surface area contributed by atoms with Gasteiger partial charge in [-0.2, -0.15) is 13.2 Å². The van der Waals surface area contributed by atoms with Crippen molar-refractivity contribution in [3.8, 4) is 0 Å². The first-order chi connectivity index (χ1) is 14.4. The highest BCUT2D eigenvalue weighted by molar-refractivity contribution is 5.50. The maximum atomic E-state index is 13.7. The molecule has 1 aromatic carbocycles. The summed E-state index contributed by atoms with van der Waals surface area (Å²) >= 11 is 0. The molecule has 0 bridgehead atoms. The predicted molar refractivity (Wildman–Crippen MR) is 112 cm³/mol. The van der Waals surface area contributed by atoms with Crippen LogP contribution >= 0.6 is 0 Å². The maximum Gasteiger partial charge on any atom is 0.416 e. The van der Waals surface area contributed by atoms with Gasteiger partial charge < -0.3 is 9.80 Å². The van der Waals surface area contributed by atoms with Gasteiger partial charge in [-0.25, -0.2) is 4.39 Å². The zero-order valence-electron chi connectivity index (χ0n) is 18.1. The number of nitrogens with zero attached hydrogens (tertiary/aromatic N) is 2. The standard InChI is InChI=1S/C21H28F4N2O.C2H6/c22-18-11-17(21(23,24)25)12-20(13-18)26-9-4-5-16(14-26)8-10-27(15-28)19-6-2-1-3-7-19;1-2/h11-13,15-16,19H,1-10,14H2;1-2H3. The number of hydrogen-bond acceptors (Lipinski definition) is 2. The molecule has 0 aromatic heterocycles. The second-order valence-electron chi connectivity index (χ2n) is 8.07. The van der Waals surface area contributed by atoms with Crippen LogP contribution in [-0.2, 0) is 11.0 Å². The van der Waals surface area contributed by atoms with Crippen LogP contribution in [0.4, 0.5) is 23.2 Å². The lowest BCUT2D eigenvalue weighted by atomic mass is 9.92. The number of halogens is 4. The Kier molecular flexibility index (Phi) is 9.43. The van der Waals surface area contributed by atoms with Gasteiger partial charge in [0.2, 0.25) is 6.41 Å². The van der Waals surface area contributed by atoms with Crippen LogP contribution in [0.2, 0.25) is 0 Å². The first-order valence-corrected chi connectivity index (χ1v) is 11.2. The molecule has 1 aliphatic heterocycles. The van der Waals surface area contributed by atoms with Crippen molar-refractivity contribution in [1.82, 2.24) is 4.90 Å². The maximum absolute atomic E-state index is 13.7. The third-order valence-electron chi connectivity index (χ3n) is 6.07. The van der Waals surface area contributed by atoms with E-state index in [1.165, 1.54) is 12.5 Å². The van der Waals surface area contributed by atoms with Gasteiger partial charge in [0.25, 0.3) is 0 Å². The van der Waals surface area contributed by atoms with Crippen LogP contribution in [-0.4, -0.2) is 37.0 Å². The van der Waals surface area contributed by atoms with Gasteiger partial charge in [0.1, 0.15) is 5.82 Å². The van der Waals surface area contributed by atoms with Crippen molar-refractivity contribution in [3.05, 3.63) is 29.6 Å². The monoisotopic (exact) mass is 430 g/mol. The summed E-state index contributed by atoms with van der Waals surface area (Å²) in [6, 6.07) is 3.07. The van der Waals surface area contributed by atoms with Gasteiger partial charge in [-0.05, 0) is 56.2 Å². The van der Waals surface area contributed by atoms with Crippen LogP contribution in [0.5, 0.6) is 0 Å². The molecular weight excluding hydrogens is 396 g/mol. The van der Waals surface area contributed by atoms with Crippen molar-refractivity contribution in [2.24, 2.45) is 5.92 Å². The van der Waals surface area contributed by atoms with Crippen LogP contribution < -0.4 is 4.90 Å². The second kappa shape index (κ2) is 11.6. The molecule has 170 valence electrons. The zero-order chi connectivity index (χ0) is 22.1. The van der Waals surface area contributed by atoms with E-state index in [1.54, 1.807) is 0 Å².